The molecular weight excluding hydrogens is 312 g/mol. The molecule has 126 valence electrons. The summed E-state index contributed by atoms with van der Waals surface area (Å²) in [5.74, 6) is 0.535. The molecular formula is C17H18N2O5. The van der Waals surface area contributed by atoms with E-state index in [-0.39, 0.29) is 12.2 Å². The molecule has 0 fully saturated rings. The SMILES string of the molecule is Cc1ccc(C(C)(O)CNC(=O)C=Cc2ccccc2[N+](=O)[O-])o1. The molecule has 2 aromatic rings. The highest BCUT2D eigenvalue weighted by molar-refractivity contribution is 5.92. The molecule has 7 heteroatoms. The van der Waals surface area contributed by atoms with Gasteiger partial charge in [0.05, 0.1) is 17.0 Å². The van der Waals surface area contributed by atoms with E-state index in [1.807, 2.05) is 0 Å². The molecule has 0 aliphatic heterocycles. The highest BCUT2D eigenvalue weighted by Crippen LogP contribution is 2.22. The molecule has 0 bridgehead atoms. The Morgan fingerprint density at radius 3 is 2.71 bits per heavy atom. The van der Waals surface area contributed by atoms with E-state index < -0.39 is 16.4 Å². The number of furan rings is 1. The van der Waals surface area contributed by atoms with Gasteiger partial charge in [-0.2, -0.15) is 0 Å². The third-order valence-corrected chi connectivity index (χ3v) is 3.43. The van der Waals surface area contributed by atoms with E-state index >= 15 is 0 Å². The standard InChI is InChI=1S/C17H18N2O5/c1-12-7-9-15(24-12)17(2,21)11-18-16(20)10-8-13-5-3-4-6-14(13)19(22)23/h3-10,21H,11H2,1-2H3,(H,18,20). The average molecular weight is 330 g/mol. The number of nitrogens with zero attached hydrogens (tertiary/aromatic N) is 1. The van der Waals surface area contributed by atoms with Gasteiger partial charge in [0.1, 0.15) is 17.1 Å². The van der Waals surface area contributed by atoms with Gasteiger partial charge in [-0.1, -0.05) is 12.1 Å². The summed E-state index contributed by atoms with van der Waals surface area (Å²) in [6, 6.07) is 9.47. The molecule has 0 saturated heterocycles. The second-order valence-electron chi connectivity index (χ2n) is 5.55. The Kier molecular flexibility index (Phi) is 5.15. The van der Waals surface area contributed by atoms with Gasteiger partial charge in [0, 0.05) is 12.1 Å². The van der Waals surface area contributed by atoms with Crippen LogP contribution in [-0.2, 0) is 10.4 Å². The van der Waals surface area contributed by atoms with Crippen molar-refractivity contribution in [3.05, 3.63) is 69.7 Å². The van der Waals surface area contributed by atoms with E-state index in [4.69, 9.17) is 4.42 Å². The number of hydrogen-bond acceptors (Lipinski definition) is 5. The number of rotatable bonds is 6. The number of nitro benzene ring substituents is 1. The van der Waals surface area contributed by atoms with Gasteiger partial charge in [-0.25, -0.2) is 0 Å². The summed E-state index contributed by atoms with van der Waals surface area (Å²) in [6.07, 6.45) is 2.55. The zero-order valence-electron chi connectivity index (χ0n) is 13.4. The molecule has 2 rings (SSSR count). The first kappa shape index (κ1) is 17.4. The van der Waals surface area contributed by atoms with Gasteiger partial charge in [0.25, 0.3) is 5.69 Å². The van der Waals surface area contributed by atoms with Crippen LogP contribution >= 0.6 is 0 Å². The van der Waals surface area contributed by atoms with Crippen LogP contribution in [0.25, 0.3) is 6.08 Å². The molecule has 1 unspecified atom stereocenters. The molecule has 1 aromatic carbocycles. The summed E-state index contributed by atoms with van der Waals surface area (Å²) in [5, 5.41) is 23.8. The average Bonchev–Trinajstić information content (AvgIpc) is 2.98. The fraction of sp³-hybridized carbons (Fsp3) is 0.235. The first-order valence-corrected chi connectivity index (χ1v) is 7.28. The molecule has 1 aromatic heterocycles. The lowest BCUT2D eigenvalue weighted by Crippen LogP contribution is -2.37. The number of benzene rings is 1. The van der Waals surface area contributed by atoms with Crippen LogP contribution in [0.1, 0.15) is 24.0 Å². The van der Waals surface area contributed by atoms with Crippen LogP contribution < -0.4 is 5.32 Å². The van der Waals surface area contributed by atoms with E-state index in [1.54, 1.807) is 37.3 Å². The molecule has 1 atom stereocenters. The Labute approximate surface area is 138 Å². The number of carbonyl (C=O) groups excluding carboxylic acids is 1. The van der Waals surface area contributed by atoms with Crippen LogP contribution in [0.2, 0.25) is 0 Å². The number of para-hydroxylation sites is 1. The summed E-state index contributed by atoms with van der Waals surface area (Å²) in [6.45, 7) is 3.23. The number of carbonyl (C=O) groups is 1. The zero-order valence-corrected chi connectivity index (χ0v) is 13.4. The Bertz CT molecular complexity index is 777. The Balaban J connectivity index is 2.00. The summed E-state index contributed by atoms with van der Waals surface area (Å²) in [7, 11) is 0. The van der Waals surface area contributed by atoms with Crippen molar-refractivity contribution in [1.82, 2.24) is 5.32 Å². The van der Waals surface area contributed by atoms with Gasteiger partial charge in [-0.15, -0.1) is 0 Å². The topological polar surface area (TPSA) is 106 Å². The Morgan fingerprint density at radius 1 is 1.38 bits per heavy atom. The fourth-order valence-electron chi connectivity index (χ4n) is 2.09. The summed E-state index contributed by atoms with van der Waals surface area (Å²) >= 11 is 0. The first-order chi connectivity index (χ1) is 11.3. The van der Waals surface area contributed by atoms with E-state index in [0.717, 1.165) is 0 Å². The maximum absolute atomic E-state index is 11.9. The third kappa shape index (κ3) is 4.30. The molecule has 24 heavy (non-hydrogen) atoms. The fourth-order valence-corrected chi connectivity index (χ4v) is 2.09. The van der Waals surface area contributed by atoms with Gasteiger partial charge in [-0.05, 0) is 38.1 Å². The van der Waals surface area contributed by atoms with Gasteiger partial charge < -0.3 is 14.8 Å². The third-order valence-electron chi connectivity index (χ3n) is 3.43. The first-order valence-electron chi connectivity index (χ1n) is 7.28. The number of amides is 1. The summed E-state index contributed by atoms with van der Waals surface area (Å²) in [5.41, 5.74) is -1.11. The van der Waals surface area contributed by atoms with Crippen LogP contribution in [0.3, 0.4) is 0 Å². The molecule has 1 amide bonds. The van der Waals surface area contributed by atoms with Crippen LogP contribution in [0.4, 0.5) is 5.69 Å². The quantitative estimate of drug-likeness (QED) is 0.481. The molecule has 1 heterocycles. The van der Waals surface area contributed by atoms with Gasteiger partial charge >= 0.3 is 0 Å². The summed E-state index contributed by atoms with van der Waals surface area (Å²) in [4.78, 5) is 22.3. The van der Waals surface area contributed by atoms with Crippen molar-refractivity contribution in [3.63, 3.8) is 0 Å². The minimum Gasteiger partial charge on any atom is -0.463 e. The van der Waals surface area contributed by atoms with Gasteiger partial charge in [0.15, 0.2) is 0 Å². The maximum Gasteiger partial charge on any atom is 0.276 e. The van der Waals surface area contributed by atoms with Crippen molar-refractivity contribution >= 4 is 17.7 Å². The molecule has 0 aliphatic rings. The number of aliphatic hydroxyl groups is 1. The largest absolute Gasteiger partial charge is 0.463 e. The number of hydrogen-bond donors (Lipinski definition) is 2. The monoisotopic (exact) mass is 330 g/mol. The van der Waals surface area contributed by atoms with Crippen LogP contribution in [0.5, 0.6) is 0 Å². The lowest BCUT2D eigenvalue weighted by Gasteiger charge is -2.20. The number of nitrogens with one attached hydrogen (secondary N) is 1. The molecule has 0 saturated carbocycles. The predicted molar refractivity (Wildman–Crippen MR) is 88.2 cm³/mol. The number of nitro groups is 1. The lowest BCUT2D eigenvalue weighted by molar-refractivity contribution is -0.385. The lowest BCUT2D eigenvalue weighted by atomic mass is 10.0. The summed E-state index contributed by atoms with van der Waals surface area (Å²) < 4.78 is 5.36. The highest BCUT2D eigenvalue weighted by Gasteiger charge is 2.27. The van der Waals surface area contributed by atoms with Gasteiger partial charge in [-0.3, -0.25) is 14.9 Å². The van der Waals surface area contributed by atoms with E-state index in [9.17, 15) is 20.0 Å². The zero-order chi connectivity index (χ0) is 17.7. The van der Waals surface area contributed by atoms with Gasteiger partial charge in [0.2, 0.25) is 5.91 Å². The molecule has 2 N–H and O–H groups in total. The van der Waals surface area contributed by atoms with E-state index in [2.05, 4.69) is 5.32 Å². The number of aryl methyl sites for hydroxylation is 1. The minimum atomic E-state index is -1.35. The predicted octanol–water partition coefficient (Wildman–Crippen LogP) is 2.53. The van der Waals surface area contributed by atoms with Crippen molar-refractivity contribution in [2.24, 2.45) is 0 Å². The Morgan fingerprint density at radius 2 is 2.08 bits per heavy atom. The van der Waals surface area contributed by atoms with Crippen molar-refractivity contribution in [3.8, 4) is 0 Å². The Hall–Kier alpha value is -2.93. The second kappa shape index (κ2) is 7.10. The molecule has 0 aliphatic carbocycles. The van der Waals surface area contributed by atoms with Crippen molar-refractivity contribution < 1.29 is 19.2 Å². The second-order valence-corrected chi connectivity index (χ2v) is 5.55. The van der Waals surface area contributed by atoms with Crippen molar-refractivity contribution in [2.75, 3.05) is 6.54 Å². The van der Waals surface area contributed by atoms with Crippen molar-refractivity contribution in [2.45, 2.75) is 19.4 Å². The van der Waals surface area contributed by atoms with Crippen LogP contribution in [0, 0.1) is 17.0 Å². The molecule has 0 spiro atoms. The smallest absolute Gasteiger partial charge is 0.276 e. The van der Waals surface area contributed by atoms with Crippen molar-refractivity contribution in [1.29, 1.82) is 0 Å². The van der Waals surface area contributed by atoms with Crippen LogP contribution in [-0.4, -0.2) is 22.5 Å². The maximum atomic E-state index is 11.9. The molecule has 0 radical (unpaired) electrons. The van der Waals surface area contributed by atoms with E-state index in [1.165, 1.54) is 25.1 Å². The molecule has 7 nitrogen and oxygen atoms in total. The minimum absolute atomic E-state index is 0.0555. The van der Waals surface area contributed by atoms with Crippen LogP contribution in [0.15, 0.2) is 46.9 Å². The van der Waals surface area contributed by atoms with E-state index in [0.29, 0.717) is 17.1 Å². The normalized spacial score (nSPS) is 13.6. The highest BCUT2D eigenvalue weighted by atomic mass is 16.6.